The van der Waals surface area contributed by atoms with Gasteiger partial charge in [0.1, 0.15) is 5.15 Å². The molecule has 0 spiro atoms. The lowest BCUT2D eigenvalue weighted by molar-refractivity contribution is 1.15. The Hall–Kier alpha value is -0.580. The second kappa shape index (κ2) is 4.29. The summed E-state index contributed by atoms with van der Waals surface area (Å²) in [7, 11) is 0. The molecule has 0 bridgehead atoms. The highest BCUT2D eigenvalue weighted by atomic mass is 35.5. The number of nitrogens with one attached hydrogen (secondary N) is 1. The van der Waals surface area contributed by atoms with Gasteiger partial charge in [-0.05, 0) is 23.9 Å². The van der Waals surface area contributed by atoms with Crippen LogP contribution in [0.1, 0.15) is 10.4 Å². The number of aromatic nitrogens is 1. The first-order valence-electron chi connectivity index (χ1n) is 4.13. The van der Waals surface area contributed by atoms with Gasteiger partial charge in [0.15, 0.2) is 5.13 Å². The van der Waals surface area contributed by atoms with E-state index in [2.05, 4.69) is 28.7 Å². The number of aryl methyl sites for hydroxylation is 1. The zero-order chi connectivity index (χ0) is 9.97. The molecule has 0 amide bonds. The van der Waals surface area contributed by atoms with E-state index in [1.807, 2.05) is 5.38 Å². The molecule has 2 rings (SSSR count). The van der Waals surface area contributed by atoms with Gasteiger partial charge in [0, 0.05) is 10.3 Å². The molecule has 0 aliphatic rings. The zero-order valence-electron chi connectivity index (χ0n) is 7.58. The number of nitrogens with zero attached hydrogens (tertiary/aromatic N) is 1. The zero-order valence-corrected chi connectivity index (χ0v) is 9.97. The summed E-state index contributed by atoms with van der Waals surface area (Å²) in [6.07, 6.45) is 0. The first kappa shape index (κ1) is 9.96. The Balaban J connectivity index is 1.98. The largest absolute Gasteiger partial charge is 0.357 e. The summed E-state index contributed by atoms with van der Waals surface area (Å²) in [6, 6.07) is 2.12. The van der Waals surface area contributed by atoms with Crippen LogP contribution in [-0.2, 0) is 6.54 Å². The Labute approximate surface area is 95.6 Å². The van der Waals surface area contributed by atoms with Gasteiger partial charge < -0.3 is 5.32 Å². The third-order valence-corrected chi connectivity index (χ3v) is 3.99. The molecule has 0 saturated heterocycles. The fourth-order valence-corrected chi connectivity index (χ4v) is 2.76. The van der Waals surface area contributed by atoms with Crippen molar-refractivity contribution in [3.05, 3.63) is 32.4 Å². The smallest absolute Gasteiger partial charge is 0.184 e. The number of halogens is 1. The Morgan fingerprint density at radius 2 is 2.36 bits per heavy atom. The first-order valence-corrected chi connectivity index (χ1v) is 6.27. The second-order valence-corrected chi connectivity index (χ2v) is 5.10. The maximum atomic E-state index is 5.71. The van der Waals surface area contributed by atoms with Crippen LogP contribution in [0.4, 0.5) is 5.13 Å². The molecule has 2 aromatic rings. The molecule has 0 saturated carbocycles. The first-order chi connectivity index (χ1) is 6.75. The molecule has 1 N–H and O–H groups in total. The van der Waals surface area contributed by atoms with Crippen LogP contribution in [-0.4, -0.2) is 4.98 Å². The van der Waals surface area contributed by atoms with Gasteiger partial charge in [-0.15, -0.1) is 22.7 Å². The van der Waals surface area contributed by atoms with Crippen LogP contribution in [0.5, 0.6) is 0 Å². The number of hydrogen-bond acceptors (Lipinski definition) is 4. The number of anilines is 1. The lowest BCUT2D eigenvalue weighted by Crippen LogP contribution is -1.97. The predicted octanol–water partition coefficient (Wildman–Crippen LogP) is 3.78. The summed E-state index contributed by atoms with van der Waals surface area (Å²) in [4.78, 5) is 5.46. The van der Waals surface area contributed by atoms with Crippen molar-refractivity contribution >= 4 is 39.4 Å². The minimum absolute atomic E-state index is 0.556. The van der Waals surface area contributed by atoms with Crippen LogP contribution in [0.2, 0.25) is 5.15 Å². The molecule has 0 unspecified atom stereocenters. The fourth-order valence-electron chi connectivity index (χ4n) is 1.08. The minimum atomic E-state index is 0.556. The van der Waals surface area contributed by atoms with Crippen molar-refractivity contribution < 1.29 is 0 Å². The Morgan fingerprint density at radius 1 is 1.50 bits per heavy atom. The normalized spacial score (nSPS) is 10.4. The number of thiophene rings is 1. The van der Waals surface area contributed by atoms with Crippen LogP contribution in [0.25, 0.3) is 0 Å². The molecule has 0 fully saturated rings. The van der Waals surface area contributed by atoms with Crippen LogP contribution in [0.15, 0.2) is 16.8 Å². The summed E-state index contributed by atoms with van der Waals surface area (Å²) < 4.78 is 0. The van der Waals surface area contributed by atoms with Gasteiger partial charge in [0.25, 0.3) is 0 Å². The molecule has 0 atom stereocenters. The summed E-state index contributed by atoms with van der Waals surface area (Å²) in [6.45, 7) is 2.94. The lowest BCUT2D eigenvalue weighted by atomic mass is 10.3. The predicted molar refractivity (Wildman–Crippen MR) is 63.5 cm³/mol. The van der Waals surface area contributed by atoms with Gasteiger partial charge >= 0.3 is 0 Å². The summed E-state index contributed by atoms with van der Waals surface area (Å²) in [5.41, 5.74) is 1.32. The third kappa shape index (κ3) is 2.26. The molecule has 2 aromatic heterocycles. The van der Waals surface area contributed by atoms with Crippen LogP contribution in [0, 0.1) is 6.92 Å². The van der Waals surface area contributed by atoms with Crippen molar-refractivity contribution in [2.24, 2.45) is 0 Å². The highest BCUT2D eigenvalue weighted by molar-refractivity contribution is 7.14. The average molecular weight is 245 g/mol. The Kier molecular flexibility index (Phi) is 3.05. The summed E-state index contributed by atoms with van der Waals surface area (Å²) in [5.74, 6) is 0. The van der Waals surface area contributed by atoms with Gasteiger partial charge in [0.2, 0.25) is 0 Å². The molecule has 0 aliphatic carbocycles. The summed E-state index contributed by atoms with van der Waals surface area (Å²) >= 11 is 9.00. The van der Waals surface area contributed by atoms with E-state index in [4.69, 9.17) is 11.6 Å². The number of hydrogen-bond donors (Lipinski definition) is 1. The third-order valence-electron chi connectivity index (χ3n) is 1.84. The maximum Gasteiger partial charge on any atom is 0.184 e. The molecule has 5 heteroatoms. The molecule has 0 aromatic carbocycles. The van der Waals surface area contributed by atoms with E-state index in [0.717, 1.165) is 11.7 Å². The van der Waals surface area contributed by atoms with E-state index in [-0.39, 0.29) is 0 Å². The van der Waals surface area contributed by atoms with E-state index < -0.39 is 0 Å². The lowest BCUT2D eigenvalue weighted by Gasteiger charge is -2.00. The van der Waals surface area contributed by atoms with E-state index in [9.17, 15) is 0 Å². The quantitative estimate of drug-likeness (QED) is 0.889. The van der Waals surface area contributed by atoms with Crippen molar-refractivity contribution in [3.63, 3.8) is 0 Å². The Morgan fingerprint density at radius 3 is 2.93 bits per heavy atom. The summed E-state index contributed by atoms with van der Waals surface area (Å²) in [5, 5.41) is 8.60. The highest BCUT2D eigenvalue weighted by Crippen LogP contribution is 2.21. The SMILES string of the molecule is Cc1ccsc1CNc1nc(Cl)cs1. The monoisotopic (exact) mass is 244 g/mol. The maximum absolute atomic E-state index is 5.71. The van der Waals surface area contributed by atoms with Gasteiger partial charge in [-0.25, -0.2) is 4.98 Å². The van der Waals surface area contributed by atoms with Gasteiger partial charge in [0.05, 0.1) is 6.54 Å². The van der Waals surface area contributed by atoms with Crippen LogP contribution in [0.3, 0.4) is 0 Å². The molecule has 14 heavy (non-hydrogen) atoms. The number of rotatable bonds is 3. The van der Waals surface area contributed by atoms with E-state index in [0.29, 0.717) is 5.15 Å². The van der Waals surface area contributed by atoms with Gasteiger partial charge in [-0.1, -0.05) is 11.6 Å². The Bertz CT molecular complexity index is 422. The fraction of sp³-hybridized carbons (Fsp3) is 0.222. The van der Waals surface area contributed by atoms with E-state index >= 15 is 0 Å². The molecular formula is C9H9ClN2S2. The van der Waals surface area contributed by atoms with Crippen molar-refractivity contribution in [1.82, 2.24) is 4.98 Å². The van der Waals surface area contributed by atoms with Gasteiger partial charge in [-0.3, -0.25) is 0 Å². The van der Waals surface area contributed by atoms with Crippen LogP contribution < -0.4 is 5.32 Å². The highest BCUT2D eigenvalue weighted by Gasteiger charge is 2.01. The second-order valence-electron chi connectivity index (χ2n) is 2.86. The standard InChI is InChI=1S/C9H9ClN2S2/c1-6-2-3-13-7(6)4-11-9-12-8(10)5-14-9/h2-3,5H,4H2,1H3,(H,11,12). The number of thiazole rings is 1. The van der Waals surface area contributed by atoms with E-state index in [1.54, 1.807) is 11.3 Å². The molecule has 2 nitrogen and oxygen atoms in total. The molecule has 2 heterocycles. The molecule has 74 valence electrons. The van der Waals surface area contributed by atoms with Crippen LogP contribution >= 0.6 is 34.3 Å². The average Bonchev–Trinajstić information content (AvgIpc) is 2.72. The molecular weight excluding hydrogens is 236 g/mol. The van der Waals surface area contributed by atoms with Crippen molar-refractivity contribution in [2.45, 2.75) is 13.5 Å². The molecule has 0 aliphatic heterocycles. The molecule has 0 radical (unpaired) electrons. The minimum Gasteiger partial charge on any atom is -0.357 e. The van der Waals surface area contributed by atoms with Gasteiger partial charge in [-0.2, -0.15) is 0 Å². The topological polar surface area (TPSA) is 24.9 Å². The van der Waals surface area contributed by atoms with E-state index in [1.165, 1.54) is 21.8 Å². The van der Waals surface area contributed by atoms with Crippen molar-refractivity contribution in [1.29, 1.82) is 0 Å². The van der Waals surface area contributed by atoms with Crippen molar-refractivity contribution in [2.75, 3.05) is 5.32 Å². The van der Waals surface area contributed by atoms with Crippen molar-refractivity contribution in [3.8, 4) is 0 Å².